The van der Waals surface area contributed by atoms with Crippen LogP contribution in [0.2, 0.25) is 25.1 Å². The normalized spacial score (nSPS) is 11.4. The Labute approximate surface area is 156 Å². The standard InChI is InChI=1S/C14H18Cl5NS/c1-3-5-6-7-8-20(4-2)21-14-12(18)10(16)9(15)11(17)13(14)19/h3-8H2,1-2H3. The summed E-state index contributed by atoms with van der Waals surface area (Å²) >= 11 is 32.2. The van der Waals surface area contributed by atoms with Crippen molar-refractivity contribution in [2.75, 3.05) is 13.1 Å². The smallest absolute Gasteiger partial charge is 0.0809 e. The summed E-state index contributed by atoms with van der Waals surface area (Å²) in [6.45, 7) is 6.13. The van der Waals surface area contributed by atoms with E-state index in [1.807, 2.05) is 0 Å². The van der Waals surface area contributed by atoms with Crippen molar-refractivity contribution in [3.63, 3.8) is 0 Å². The molecule has 0 aliphatic carbocycles. The summed E-state index contributed by atoms with van der Waals surface area (Å²) in [5, 5.41) is 1.40. The summed E-state index contributed by atoms with van der Waals surface area (Å²) in [6, 6.07) is 0. The van der Waals surface area contributed by atoms with Crippen molar-refractivity contribution in [1.29, 1.82) is 0 Å². The van der Waals surface area contributed by atoms with Crippen LogP contribution in [0.5, 0.6) is 0 Å². The molecule has 0 aromatic heterocycles. The molecular weight excluding hydrogens is 391 g/mol. The summed E-state index contributed by atoms with van der Waals surface area (Å²) in [5.74, 6) is 0. The molecule has 0 atom stereocenters. The first-order valence-corrected chi connectivity index (χ1v) is 9.54. The number of hydrogen-bond donors (Lipinski definition) is 0. The molecule has 1 nitrogen and oxygen atoms in total. The van der Waals surface area contributed by atoms with Crippen LogP contribution in [0.4, 0.5) is 0 Å². The van der Waals surface area contributed by atoms with Gasteiger partial charge in [0, 0.05) is 13.1 Å². The second kappa shape index (κ2) is 9.97. The zero-order valence-electron chi connectivity index (χ0n) is 12.0. The summed E-state index contributed by atoms with van der Waals surface area (Å²) < 4.78 is 2.20. The average molecular weight is 410 g/mol. The molecule has 0 spiro atoms. The molecule has 0 aliphatic heterocycles. The van der Waals surface area contributed by atoms with Gasteiger partial charge >= 0.3 is 0 Å². The van der Waals surface area contributed by atoms with Gasteiger partial charge < -0.3 is 0 Å². The molecule has 0 bridgehead atoms. The average Bonchev–Trinajstić information content (AvgIpc) is 2.49. The van der Waals surface area contributed by atoms with Gasteiger partial charge in [0.05, 0.1) is 30.0 Å². The number of halogens is 5. The third-order valence-corrected chi connectivity index (χ3v) is 6.79. The van der Waals surface area contributed by atoms with E-state index < -0.39 is 0 Å². The monoisotopic (exact) mass is 407 g/mol. The van der Waals surface area contributed by atoms with Crippen LogP contribution >= 0.6 is 70.0 Å². The Balaban J connectivity index is 2.85. The largest absolute Gasteiger partial charge is 0.247 e. The lowest BCUT2D eigenvalue weighted by molar-refractivity contribution is 0.466. The Morgan fingerprint density at radius 3 is 1.76 bits per heavy atom. The highest BCUT2D eigenvalue weighted by molar-refractivity contribution is 7.97. The maximum Gasteiger partial charge on any atom is 0.0809 e. The number of rotatable bonds is 8. The first-order chi connectivity index (χ1) is 9.93. The Bertz CT molecular complexity index is 452. The van der Waals surface area contributed by atoms with Crippen molar-refractivity contribution >= 4 is 70.0 Å². The molecule has 0 unspecified atom stereocenters. The fourth-order valence-corrected chi connectivity index (χ4v) is 4.21. The van der Waals surface area contributed by atoms with E-state index in [4.69, 9.17) is 58.0 Å². The molecule has 21 heavy (non-hydrogen) atoms. The van der Waals surface area contributed by atoms with Crippen molar-refractivity contribution in [3.05, 3.63) is 25.1 Å². The van der Waals surface area contributed by atoms with Gasteiger partial charge in [0.15, 0.2) is 0 Å². The summed E-state index contributed by atoms with van der Waals surface area (Å²) in [4.78, 5) is 0.662. The molecule has 0 aliphatic rings. The van der Waals surface area contributed by atoms with Crippen LogP contribution in [0.25, 0.3) is 0 Å². The van der Waals surface area contributed by atoms with E-state index in [0.717, 1.165) is 19.5 Å². The maximum atomic E-state index is 6.25. The Kier molecular flexibility index (Phi) is 9.51. The van der Waals surface area contributed by atoms with Gasteiger partial charge in [-0.1, -0.05) is 91.1 Å². The number of nitrogens with zero attached hydrogens (tertiary/aromatic N) is 1. The third kappa shape index (κ3) is 5.53. The topological polar surface area (TPSA) is 3.24 Å². The molecule has 120 valence electrons. The molecule has 0 N–H and O–H groups in total. The molecule has 7 heteroatoms. The first-order valence-electron chi connectivity index (χ1n) is 6.88. The van der Waals surface area contributed by atoms with E-state index in [2.05, 4.69) is 18.2 Å². The Hall–Kier alpha value is 0.980. The van der Waals surface area contributed by atoms with Crippen molar-refractivity contribution in [1.82, 2.24) is 4.31 Å². The van der Waals surface area contributed by atoms with Gasteiger partial charge in [-0.25, -0.2) is 4.31 Å². The highest BCUT2D eigenvalue weighted by atomic mass is 35.5. The molecule has 1 rings (SSSR count). The molecule has 0 saturated heterocycles. The van der Waals surface area contributed by atoms with Gasteiger partial charge in [-0.05, 0) is 18.4 Å². The zero-order chi connectivity index (χ0) is 16.0. The molecule has 1 aromatic rings. The van der Waals surface area contributed by atoms with Gasteiger partial charge in [0.25, 0.3) is 0 Å². The second-order valence-corrected chi connectivity index (χ2v) is 7.57. The van der Waals surface area contributed by atoms with E-state index in [1.165, 1.54) is 31.2 Å². The molecule has 0 saturated carbocycles. The molecule has 1 aromatic carbocycles. The van der Waals surface area contributed by atoms with Crippen LogP contribution in [0.3, 0.4) is 0 Å². The van der Waals surface area contributed by atoms with Crippen molar-refractivity contribution < 1.29 is 0 Å². The maximum absolute atomic E-state index is 6.25. The minimum absolute atomic E-state index is 0.198. The van der Waals surface area contributed by atoms with Crippen molar-refractivity contribution in [2.45, 2.75) is 44.4 Å². The third-order valence-electron chi connectivity index (χ3n) is 3.00. The van der Waals surface area contributed by atoms with E-state index in [-0.39, 0.29) is 15.1 Å². The predicted octanol–water partition coefficient (Wildman–Crippen LogP) is 7.86. The van der Waals surface area contributed by atoms with Crippen LogP contribution in [-0.2, 0) is 0 Å². The highest BCUT2D eigenvalue weighted by Gasteiger charge is 2.21. The first kappa shape index (κ1) is 20.0. The lowest BCUT2D eigenvalue weighted by Crippen LogP contribution is -2.16. The lowest BCUT2D eigenvalue weighted by atomic mass is 10.2. The SMILES string of the molecule is CCCCCCN(CC)Sc1c(Cl)c(Cl)c(Cl)c(Cl)c1Cl. The van der Waals surface area contributed by atoms with Crippen molar-refractivity contribution in [3.8, 4) is 0 Å². The van der Waals surface area contributed by atoms with Crippen LogP contribution in [-0.4, -0.2) is 17.4 Å². The summed E-state index contributed by atoms with van der Waals surface area (Å²) in [6.07, 6.45) is 4.83. The molecular formula is C14H18Cl5NS. The summed E-state index contributed by atoms with van der Waals surface area (Å²) in [5.41, 5.74) is 0. The zero-order valence-corrected chi connectivity index (χ0v) is 16.6. The van der Waals surface area contributed by atoms with Gasteiger partial charge in [-0.2, -0.15) is 0 Å². The number of benzene rings is 1. The minimum atomic E-state index is 0.198. The predicted molar refractivity (Wildman–Crippen MR) is 98.7 cm³/mol. The number of hydrogen-bond acceptors (Lipinski definition) is 2. The fourth-order valence-electron chi connectivity index (χ4n) is 1.78. The number of unbranched alkanes of at least 4 members (excludes halogenated alkanes) is 3. The highest BCUT2D eigenvalue weighted by Crippen LogP contribution is 2.48. The minimum Gasteiger partial charge on any atom is -0.247 e. The van der Waals surface area contributed by atoms with Crippen LogP contribution in [0, 0.1) is 0 Å². The van der Waals surface area contributed by atoms with E-state index in [9.17, 15) is 0 Å². The van der Waals surface area contributed by atoms with Gasteiger partial charge in [0.1, 0.15) is 0 Å². The lowest BCUT2D eigenvalue weighted by Gasteiger charge is -2.21. The van der Waals surface area contributed by atoms with Gasteiger partial charge in [-0.15, -0.1) is 0 Å². The van der Waals surface area contributed by atoms with Gasteiger partial charge in [0.2, 0.25) is 0 Å². The molecule has 0 fully saturated rings. The van der Waals surface area contributed by atoms with Gasteiger partial charge in [-0.3, -0.25) is 0 Å². The Morgan fingerprint density at radius 2 is 1.29 bits per heavy atom. The van der Waals surface area contributed by atoms with Crippen LogP contribution < -0.4 is 0 Å². The molecule has 0 heterocycles. The van der Waals surface area contributed by atoms with E-state index >= 15 is 0 Å². The van der Waals surface area contributed by atoms with E-state index in [0.29, 0.717) is 14.9 Å². The van der Waals surface area contributed by atoms with Crippen molar-refractivity contribution in [2.24, 2.45) is 0 Å². The molecule has 0 amide bonds. The van der Waals surface area contributed by atoms with Crippen LogP contribution in [0.1, 0.15) is 39.5 Å². The second-order valence-electron chi connectivity index (χ2n) is 4.57. The quantitative estimate of drug-likeness (QED) is 0.186. The van der Waals surface area contributed by atoms with E-state index in [1.54, 1.807) is 0 Å². The Morgan fingerprint density at radius 1 is 0.762 bits per heavy atom. The molecule has 0 radical (unpaired) electrons. The van der Waals surface area contributed by atoms with Crippen LogP contribution in [0.15, 0.2) is 4.90 Å². The summed E-state index contributed by atoms with van der Waals surface area (Å²) in [7, 11) is 0. The fraction of sp³-hybridized carbons (Fsp3) is 0.571.